The molecule has 4 atom stereocenters. The minimum absolute atomic E-state index is 0.100. The van der Waals surface area contributed by atoms with Crippen LogP contribution in [-0.2, 0) is 0 Å². The van der Waals surface area contributed by atoms with Gasteiger partial charge in [-0.1, -0.05) is 0 Å². The number of hydrogen-bond acceptors (Lipinski definition) is 4. The summed E-state index contributed by atoms with van der Waals surface area (Å²) in [6.45, 7) is 0.159. The van der Waals surface area contributed by atoms with E-state index < -0.39 is 0 Å². The Labute approximate surface area is 106 Å². The number of hydrogen-bond donors (Lipinski definition) is 2. The maximum Gasteiger partial charge on any atom is 0.271 e. The molecule has 3 rings (SSSR count). The first-order chi connectivity index (χ1) is 8.79. The third kappa shape index (κ3) is 1.88. The lowest BCUT2D eigenvalue weighted by atomic mass is 9.85. The van der Waals surface area contributed by atoms with Crippen molar-refractivity contribution in [3.63, 3.8) is 0 Å². The molecule has 5 nitrogen and oxygen atoms in total. The van der Waals surface area contributed by atoms with Gasteiger partial charge >= 0.3 is 0 Å². The second-order valence-electron chi connectivity index (χ2n) is 5.27. The fourth-order valence-corrected chi connectivity index (χ4v) is 3.54. The van der Waals surface area contributed by atoms with Crippen LogP contribution in [0.1, 0.15) is 29.8 Å². The molecular weight excluding hydrogens is 230 g/mol. The zero-order valence-corrected chi connectivity index (χ0v) is 10.1. The second kappa shape index (κ2) is 4.65. The molecule has 2 aliphatic carbocycles. The Kier molecular flexibility index (Phi) is 2.99. The summed E-state index contributed by atoms with van der Waals surface area (Å²) < 4.78 is 0. The second-order valence-corrected chi connectivity index (χ2v) is 5.27. The molecule has 1 amide bonds. The van der Waals surface area contributed by atoms with E-state index in [1.165, 1.54) is 18.8 Å². The monoisotopic (exact) mass is 247 g/mol. The normalized spacial score (nSPS) is 33.6. The van der Waals surface area contributed by atoms with Gasteiger partial charge in [0.2, 0.25) is 0 Å². The molecular formula is C13H17N3O2. The van der Waals surface area contributed by atoms with Crippen LogP contribution in [-0.4, -0.2) is 33.6 Å². The number of fused-ring (bicyclic) bond motifs is 2. The summed E-state index contributed by atoms with van der Waals surface area (Å²) in [4.78, 5) is 19.9. The fraction of sp³-hybridized carbons (Fsp3) is 0.615. The van der Waals surface area contributed by atoms with Crippen LogP contribution in [0.4, 0.5) is 0 Å². The predicted octanol–water partition coefficient (Wildman–Crippen LogP) is 0.613. The molecule has 2 N–H and O–H groups in total. The molecule has 2 aliphatic rings. The number of aromatic nitrogens is 2. The molecule has 18 heavy (non-hydrogen) atoms. The van der Waals surface area contributed by atoms with E-state index in [9.17, 15) is 9.90 Å². The first-order valence-corrected chi connectivity index (χ1v) is 6.47. The van der Waals surface area contributed by atoms with Crippen LogP contribution in [0, 0.1) is 17.8 Å². The maximum absolute atomic E-state index is 12.0. The van der Waals surface area contributed by atoms with Gasteiger partial charge in [-0.15, -0.1) is 0 Å². The van der Waals surface area contributed by atoms with Gasteiger partial charge in [0.25, 0.3) is 5.91 Å². The molecule has 4 unspecified atom stereocenters. The van der Waals surface area contributed by atoms with Gasteiger partial charge in [0, 0.05) is 31.0 Å². The van der Waals surface area contributed by atoms with Gasteiger partial charge in [0.1, 0.15) is 5.69 Å². The molecule has 96 valence electrons. The van der Waals surface area contributed by atoms with Crippen molar-refractivity contribution in [1.82, 2.24) is 15.3 Å². The highest BCUT2D eigenvalue weighted by Gasteiger charge is 2.47. The number of aliphatic hydroxyl groups is 1. The van der Waals surface area contributed by atoms with E-state index in [0.29, 0.717) is 17.5 Å². The molecule has 1 aromatic rings. The number of aliphatic hydroxyl groups excluding tert-OH is 1. The molecule has 1 aromatic heterocycles. The molecule has 0 radical (unpaired) electrons. The van der Waals surface area contributed by atoms with E-state index in [4.69, 9.17) is 0 Å². The van der Waals surface area contributed by atoms with Crippen molar-refractivity contribution in [3.8, 4) is 0 Å². The van der Waals surface area contributed by atoms with Crippen LogP contribution in [0.2, 0.25) is 0 Å². The standard InChI is InChI=1S/C13H17N3O2/c17-7-10-8-1-2-9(5-8)12(10)16-13(18)11-6-14-3-4-15-11/h3-4,6,8-10,12,17H,1-2,5,7H2,(H,16,18). The first-order valence-electron chi connectivity index (χ1n) is 6.47. The Balaban J connectivity index is 1.71. The molecule has 5 heteroatoms. The van der Waals surface area contributed by atoms with Crippen molar-refractivity contribution in [2.45, 2.75) is 25.3 Å². The average molecular weight is 247 g/mol. The minimum atomic E-state index is -0.181. The molecule has 2 saturated carbocycles. The van der Waals surface area contributed by atoms with Crippen LogP contribution in [0.3, 0.4) is 0 Å². The van der Waals surface area contributed by atoms with Crippen LogP contribution in [0.25, 0.3) is 0 Å². The lowest BCUT2D eigenvalue weighted by Crippen LogP contribution is -2.45. The van der Waals surface area contributed by atoms with Gasteiger partial charge in [-0.25, -0.2) is 4.98 Å². The van der Waals surface area contributed by atoms with E-state index in [1.54, 1.807) is 6.20 Å². The Hall–Kier alpha value is -1.49. The lowest BCUT2D eigenvalue weighted by molar-refractivity contribution is 0.0856. The first kappa shape index (κ1) is 11.6. The third-order valence-electron chi connectivity index (χ3n) is 4.39. The molecule has 0 aliphatic heterocycles. The Morgan fingerprint density at radius 2 is 2.22 bits per heavy atom. The van der Waals surface area contributed by atoms with E-state index in [-0.39, 0.29) is 24.5 Å². The van der Waals surface area contributed by atoms with Crippen molar-refractivity contribution in [2.24, 2.45) is 17.8 Å². The van der Waals surface area contributed by atoms with Crippen LogP contribution in [0.5, 0.6) is 0 Å². The number of carbonyl (C=O) groups excluding carboxylic acids is 1. The quantitative estimate of drug-likeness (QED) is 0.820. The summed E-state index contributed by atoms with van der Waals surface area (Å²) >= 11 is 0. The maximum atomic E-state index is 12.0. The average Bonchev–Trinajstić information content (AvgIpc) is 3.00. The van der Waals surface area contributed by atoms with E-state index in [2.05, 4.69) is 15.3 Å². The van der Waals surface area contributed by atoms with Gasteiger partial charge in [0.05, 0.1) is 6.20 Å². The minimum Gasteiger partial charge on any atom is -0.396 e. The SMILES string of the molecule is O=C(NC1C2CCC(C2)C1CO)c1cnccn1. The summed E-state index contributed by atoms with van der Waals surface area (Å²) in [5, 5.41) is 12.5. The van der Waals surface area contributed by atoms with Gasteiger partial charge in [-0.05, 0) is 31.1 Å². The predicted molar refractivity (Wildman–Crippen MR) is 64.7 cm³/mol. The lowest BCUT2D eigenvalue weighted by Gasteiger charge is -2.30. The van der Waals surface area contributed by atoms with Crippen molar-refractivity contribution in [2.75, 3.05) is 6.61 Å². The summed E-state index contributed by atoms with van der Waals surface area (Å²) in [7, 11) is 0. The van der Waals surface area contributed by atoms with Gasteiger partial charge in [-0.2, -0.15) is 0 Å². The molecule has 0 saturated heterocycles. The van der Waals surface area contributed by atoms with Crippen LogP contribution in [0.15, 0.2) is 18.6 Å². The third-order valence-corrected chi connectivity index (χ3v) is 4.39. The number of amides is 1. The summed E-state index contributed by atoms with van der Waals surface area (Å²) in [6, 6.07) is 0.100. The number of rotatable bonds is 3. The topological polar surface area (TPSA) is 75.1 Å². The van der Waals surface area contributed by atoms with Crippen molar-refractivity contribution >= 4 is 5.91 Å². The Morgan fingerprint density at radius 3 is 2.94 bits per heavy atom. The summed E-state index contributed by atoms with van der Waals surface area (Å²) in [6.07, 6.45) is 8.01. The fourth-order valence-electron chi connectivity index (χ4n) is 3.54. The van der Waals surface area contributed by atoms with Crippen molar-refractivity contribution in [3.05, 3.63) is 24.3 Å². The highest BCUT2D eigenvalue weighted by molar-refractivity contribution is 5.92. The summed E-state index contributed by atoms with van der Waals surface area (Å²) in [5.41, 5.74) is 0.344. The molecule has 2 bridgehead atoms. The summed E-state index contributed by atoms with van der Waals surface area (Å²) in [5.74, 6) is 1.13. The largest absolute Gasteiger partial charge is 0.396 e. The van der Waals surface area contributed by atoms with Crippen LogP contribution >= 0.6 is 0 Å². The van der Waals surface area contributed by atoms with Crippen LogP contribution < -0.4 is 5.32 Å². The Morgan fingerprint density at radius 1 is 1.39 bits per heavy atom. The highest BCUT2D eigenvalue weighted by atomic mass is 16.3. The van der Waals surface area contributed by atoms with E-state index >= 15 is 0 Å². The number of nitrogens with zero attached hydrogens (tertiary/aromatic N) is 2. The van der Waals surface area contributed by atoms with Gasteiger partial charge < -0.3 is 10.4 Å². The van der Waals surface area contributed by atoms with Gasteiger partial charge in [0.15, 0.2) is 0 Å². The zero-order chi connectivity index (χ0) is 12.5. The van der Waals surface area contributed by atoms with E-state index in [1.807, 2.05) is 0 Å². The Bertz CT molecular complexity index is 437. The zero-order valence-electron chi connectivity index (χ0n) is 10.1. The number of carbonyl (C=O) groups is 1. The smallest absolute Gasteiger partial charge is 0.271 e. The van der Waals surface area contributed by atoms with Crippen molar-refractivity contribution < 1.29 is 9.90 Å². The molecule has 1 heterocycles. The molecule has 2 fully saturated rings. The highest BCUT2D eigenvalue weighted by Crippen LogP contribution is 2.48. The molecule has 0 spiro atoms. The van der Waals surface area contributed by atoms with Gasteiger partial charge in [-0.3, -0.25) is 9.78 Å². The van der Waals surface area contributed by atoms with E-state index in [0.717, 1.165) is 12.8 Å². The molecule has 0 aromatic carbocycles. The van der Waals surface area contributed by atoms with Crippen molar-refractivity contribution in [1.29, 1.82) is 0 Å². The number of nitrogens with one attached hydrogen (secondary N) is 1.